The van der Waals surface area contributed by atoms with E-state index in [0.717, 1.165) is 82.1 Å². The zero-order valence-electron chi connectivity index (χ0n) is 18.3. The molecule has 0 atom stereocenters. The number of pyridine rings is 1. The van der Waals surface area contributed by atoms with Crippen LogP contribution in [0.4, 0.5) is 5.95 Å². The first-order chi connectivity index (χ1) is 14.6. The highest BCUT2D eigenvalue weighted by atomic mass is 16.3. The summed E-state index contributed by atoms with van der Waals surface area (Å²) < 4.78 is 1.96. The van der Waals surface area contributed by atoms with Gasteiger partial charge in [0.05, 0.1) is 17.0 Å². The molecule has 1 aliphatic carbocycles. The summed E-state index contributed by atoms with van der Waals surface area (Å²) in [5, 5.41) is 13.9. The van der Waals surface area contributed by atoms with Gasteiger partial charge in [-0.05, 0) is 76.6 Å². The van der Waals surface area contributed by atoms with Gasteiger partial charge in [0.2, 0.25) is 5.95 Å². The van der Waals surface area contributed by atoms with Crippen LogP contribution in [0.15, 0.2) is 17.2 Å². The number of anilines is 1. The van der Waals surface area contributed by atoms with E-state index in [1.54, 1.807) is 6.20 Å². The number of nitrogens with zero attached hydrogens (tertiary/aromatic N) is 4. The van der Waals surface area contributed by atoms with Gasteiger partial charge < -0.3 is 19.9 Å². The van der Waals surface area contributed by atoms with Crippen LogP contribution < -0.4 is 10.9 Å². The average Bonchev–Trinajstić information content (AvgIpc) is 2.76. The van der Waals surface area contributed by atoms with Crippen molar-refractivity contribution >= 4 is 16.9 Å². The second kappa shape index (κ2) is 9.43. The quantitative estimate of drug-likeness (QED) is 0.707. The molecule has 0 bridgehead atoms. The van der Waals surface area contributed by atoms with Crippen LogP contribution in [0.3, 0.4) is 0 Å². The van der Waals surface area contributed by atoms with Crippen LogP contribution in [0.2, 0.25) is 0 Å². The minimum absolute atomic E-state index is 0.0271. The first kappa shape index (κ1) is 21.2. The second-order valence-corrected chi connectivity index (χ2v) is 9.07. The predicted octanol–water partition coefficient (Wildman–Crippen LogP) is 3.29. The van der Waals surface area contributed by atoms with Crippen molar-refractivity contribution in [1.29, 1.82) is 0 Å². The molecule has 4 rings (SSSR count). The molecule has 2 aliphatic rings. The number of piperidine rings is 1. The predicted molar refractivity (Wildman–Crippen MR) is 120 cm³/mol. The Balaban J connectivity index is 1.75. The molecular weight excluding hydrogens is 378 g/mol. The van der Waals surface area contributed by atoms with Crippen LogP contribution in [0, 0.1) is 0 Å². The number of aliphatic hydroxyl groups excluding tert-OH is 1. The summed E-state index contributed by atoms with van der Waals surface area (Å²) in [5.74, 6) is 0.928. The summed E-state index contributed by atoms with van der Waals surface area (Å²) in [5.41, 5.74) is 1.97. The largest absolute Gasteiger partial charge is 0.393 e. The molecule has 0 unspecified atom stereocenters. The Hall–Kier alpha value is -1.99. The van der Waals surface area contributed by atoms with E-state index in [1.165, 1.54) is 0 Å². The molecule has 0 aromatic carbocycles. The lowest BCUT2D eigenvalue weighted by atomic mass is 9.82. The van der Waals surface area contributed by atoms with Crippen LogP contribution in [-0.2, 0) is 0 Å². The number of hydrogen-bond donors (Lipinski definition) is 2. The highest BCUT2D eigenvalue weighted by Gasteiger charge is 2.27. The van der Waals surface area contributed by atoms with Gasteiger partial charge in [-0.2, -0.15) is 0 Å². The minimum atomic E-state index is -0.201. The van der Waals surface area contributed by atoms with E-state index in [-0.39, 0.29) is 17.7 Å². The van der Waals surface area contributed by atoms with E-state index < -0.39 is 0 Å². The molecule has 0 spiro atoms. The van der Waals surface area contributed by atoms with Crippen molar-refractivity contribution in [2.75, 3.05) is 32.0 Å². The van der Waals surface area contributed by atoms with Crippen molar-refractivity contribution in [2.24, 2.45) is 0 Å². The molecule has 30 heavy (non-hydrogen) atoms. The van der Waals surface area contributed by atoms with Gasteiger partial charge in [0.25, 0.3) is 5.56 Å². The molecule has 0 radical (unpaired) electrons. The average molecular weight is 414 g/mol. The molecule has 7 heteroatoms. The molecule has 164 valence electrons. The Labute approximate surface area is 178 Å². The first-order valence-corrected chi connectivity index (χ1v) is 11.6. The Kier molecular flexibility index (Phi) is 6.68. The fraction of sp³-hybridized carbons (Fsp3) is 0.696. The van der Waals surface area contributed by atoms with Gasteiger partial charge >= 0.3 is 0 Å². The van der Waals surface area contributed by atoms with Gasteiger partial charge in [0, 0.05) is 25.0 Å². The van der Waals surface area contributed by atoms with E-state index >= 15 is 0 Å². The van der Waals surface area contributed by atoms with Crippen LogP contribution in [0.1, 0.15) is 75.8 Å². The summed E-state index contributed by atoms with van der Waals surface area (Å²) >= 11 is 0. The van der Waals surface area contributed by atoms with E-state index in [4.69, 9.17) is 4.98 Å². The van der Waals surface area contributed by atoms with Crippen molar-refractivity contribution in [3.05, 3.63) is 28.3 Å². The maximum Gasteiger partial charge on any atom is 0.261 e. The minimum Gasteiger partial charge on any atom is -0.393 e. The van der Waals surface area contributed by atoms with Gasteiger partial charge in [0.1, 0.15) is 0 Å². The number of unbranched alkanes of at least 4 members (excludes halogenated alkanes) is 1. The van der Waals surface area contributed by atoms with Gasteiger partial charge in [-0.15, -0.1) is 0 Å². The Bertz CT molecular complexity index is 912. The van der Waals surface area contributed by atoms with Crippen molar-refractivity contribution in [1.82, 2.24) is 19.4 Å². The van der Waals surface area contributed by atoms with Gasteiger partial charge in [-0.3, -0.25) is 4.79 Å². The SMILES string of the molecule is CCCCNc1ncc2c(=O)n(C3CCN(C)CC3)cc([C@H]3CC[C@H](O)CC3)c2n1. The van der Waals surface area contributed by atoms with Crippen molar-refractivity contribution < 1.29 is 5.11 Å². The van der Waals surface area contributed by atoms with E-state index in [9.17, 15) is 9.90 Å². The fourth-order valence-electron chi connectivity index (χ4n) is 4.86. The molecule has 1 saturated carbocycles. The molecule has 2 fully saturated rings. The molecule has 1 aliphatic heterocycles. The van der Waals surface area contributed by atoms with Crippen molar-refractivity contribution in [3.8, 4) is 0 Å². The lowest BCUT2D eigenvalue weighted by molar-refractivity contribution is 0.122. The van der Waals surface area contributed by atoms with Gasteiger partial charge in [-0.25, -0.2) is 9.97 Å². The topological polar surface area (TPSA) is 83.3 Å². The molecule has 2 aromatic rings. The lowest BCUT2D eigenvalue weighted by Gasteiger charge is -2.32. The van der Waals surface area contributed by atoms with Gasteiger partial charge in [0.15, 0.2) is 0 Å². The van der Waals surface area contributed by atoms with Crippen molar-refractivity contribution in [3.63, 3.8) is 0 Å². The highest BCUT2D eigenvalue weighted by molar-refractivity contribution is 5.81. The number of hydrogen-bond acceptors (Lipinski definition) is 6. The summed E-state index contributed by atoms with van der Waals surface area (Å²) in [6, 6.07) is 0.230. The normalized spacial score (nSPS) is 23.7. The van der Waals surface area contributed by atoms with Crippen LogP contribution in [-0.4, -0.2) is 57.3 Å². The number of nitrogens with one attached hydrogen (secondary N) is 1. The van der Waals surface area contributed by atoms with E-state index in [0.29, 0.717) is 17.3 Å². The Morgan fingerprint density at radius 3 is 2.60 bits per heavy atom. The zero-order chi connectivity index (χ0) is 21.1. The molecule has 3 heterocycles. The highest BCUT2D eigenvalue weighted by Crippen LogP contribution is 2.36. The number of aromatic nitrogens is 3. The first-order valence-electron chi connectivity index (χ1n) is 11.6. The molecule has 1 saturated heterocycles. The molecule has 2 aromatic heterocycles. The van der Waals surface area contributed by atoms with Crippen LogP contribution >= 0.6 is 0 Å². The Morgan fingerprint density at radius 2 is 1.90 bits per heavy atom. The standard InChI is InChI=1S/C23H35N5O2/c1-3-4-11-24-23-25-14-19-21(26-23)20(16-5-7-18(29)8-6-16)15-28(22(19)30)17-9-12-27(2)13-10-17/h14-18,29H,3-13H2,1-2H3,(H,24,25,26)/t16-,18-. The third-order valence-electron chi connectivity index (χ3n) is 6.84. The molecule has 7 nitrogen and oxygen atoms in total. The van der Waals surface area contributed by atoms with Crippen LogP contribution in [0.5, 0.6) is 0 Å². The maximum absolute atomic E-state index is 13.4. The van der Waals surface area contributed by atoms with Gasteiger partial charge in [-0.1, -0.05) is 13.3 Å². The number of rotatable bonds is 6. The monoisotopic (exact) mass is 413 g/mol. The third kappa shape index (κ3) is 4.52. The summed E-state index contributed by atoms with van der Waals surface area (Å²) in [6.07, 6.45) is 11.2. The lowest BCUT2D eigenvalue weighted by Crippen LogP contribution is -2.36. The maximum atomic E-state index is 13.4. The second-order valence-electron chi connectivity index (χ2n) is 9.07. The smallest absolute Gasteiger partial charge is 0.261 e. The zero-order valence-corrected chi connectivity index (χ0v) is 18.3. The molecule has 2 N–H and O–H groups in total. The summed E-state index contributed by atoms with van der Waals surface area (Å²) in [7, 11) is 2.14. The van der Waals surface area contributed by atoms with E-state index in [1.807, 2.05) is 4.57 Å². The Morgan fingerprint density at radius 1 is 1.17 bits per heavy atom. The van der Waals surface area contributed by atoms with E-state index in [2.05, 4.69) is 35.4 Å². The summed E-state index contributed by atoms with van der Waals surface area (Å²) in [6.45, 7) is 5.01. The number of fused-ring (bicyclic) bond motifs is 1. The third-order valence-corrected chi connectivity index (χ3v) is 6.84. The molecule has 0 amide bonds. The van der Waals surface area contributed by atoms with Crippen LogP contribution in [0.25, 0.3) is 10.9 Å². The number of likely N-dealkylation sites (tertiary alicyclic amines) is 1. The fourth-order valence-corrected chi connectivity index (χ4v) is 4.86. The molecular formula is C23H35N5O2. The van der Waals surface area contributed by atoms with Crippen molar-refractivity contribution in [2.45, 2.75) is 76.4 Å². The summed E-state index contributed by atoms with van der Waals surface area (Å²) in [4.78, 5) is 24.9. The number of aliphatic hydroxyl groups is 1.